The summed E-state index contributed by atoms with van der Waals surface area (Å²) in [5.74, 6) is -0.738. The Bertz CT molecular complexity index is 1060. The van der Waals surface area contributed by atoms with Crippen LogP contribution in [0, 0.1) is 11.8 Å². The maximum absolute atomic E-state index is 12.7. The van der Waals surface area contributed by atoms with Crippen LogP contribution in [0.2, 0.25) is 0 Å². The minimum absolute atomic E-state index is 0.0150. The van der Waals surface area contributed by atoms with E-state index in [-0.39, 0.29) is 29.7 Å². The lowest BCUT2D eigenvalue weighted by Gasteiger charge is -2.31. The second-order valence-corrected chi connectivity index (χ2v) is 10.0. The van der Waals surface area contributed by atoms with Crippen LogP contribution in [0.1, 0.15) is 55.6 Å². The van der Waals surface area contributed by atoms with Gasteiger partial charge in [0.05, 0.1) is 5.92 Å². The van der Waals surface area contributed by atoms with E-state index in [1.165, 1.54) is 22.3 Å². The lowest BCUT2D eigenvalue weighted by atomic mass is 9.96. The normalized spacial score (nSPS) is 21.9. The minimum Gasteiger partial charge on any atom is -0.481 e. The van der Waals surface area contributed by atoms with Gasteiger partial charge in [0.25, 0.3) is 0 Å². The highest BCUT2D eigenvalue weighted by Gasteiger charge is 2.33. The molecule has 2 atom stereocenters. The van der Waals surface area contributed by atoms with E-state index in [1.54, 1.807) is 4.90 Å². The molecule has 1 saturated heterocycles. The molecule has 7 heteroatoms. The summed E-state index contributed by atoms with van der Waals surface area (Å²) in [5.41, 5.74) is 4.78. The van der Waals surface area contributed by atoms with Crippen LogP contribution in [-0.4, -0.2) is 53.7 Å². The molecule has 0 radical (unpaired) electrons. The largest absolute Gasteiger partial charge is 0.481 e. The van der Waals surface area contributed by atoms with Gasteiger partial charge in [0.1, 0.15) is 6.61 Å². The van der Waals surface area contributed by atoms with E-state index < -0.39 is 12.1 Å². The second kappa shape index (κ2) is 10.1. The van der Waals surface area contributed by atoms with Crippen LogP contribution >= 0.6 is 0 Å². The summed E-state index contributed by atoms with van der Waals surface area (Å²) in [5, 5.41) is 12.1. The summed E-state index contributed by atoms with van der Waals surface area (Å²) >= 11 is 0. The Balaban J connectivity index is 1.08. The van der Waals surface area contributed by atoms with Crippen molar-refractivity contribution in [3.63, 3.8) is 0 Å². The highest BCUT2D eigenvalue weighted by molar-refractivity contribution is 5.79. The highest BCUT2D eigenvalue weighted by atomic mass is 16.5. The maximum atomic E-state index is 12.7. The van der Waals surface area contributed by atoms with Gasteiger partial charge in [-0.3, -0.25) is 9.59 Å². The van der Waals surface area contributed by atoms with Crippen LogP contribution in [0.4, 0.5) is 4.79 Å². The molecule has 2 amide bonds. The number of benzene rings is 2. The Hall–Kier alpha value is -3.35. The molecule has 2 unspecified atom stereocenters. The number of carboxylic acids is 1. The Morgan fingerprint density at radius 3 is 2.17 bits per heavy atom. The molecule has 1 heterocycles. The molecule has 0 bridgehead atoms. The van der Waals surface area contributed by atoms with Gasteiger partial charge in [-0.15, -0.1) is 0 Å². The van der Waals surface area contributed by atoms with Crippen molar-refractivity contribution in [2.45, 2.75) is 50.5 Å². The third kappa shape index (κ3) is 5.04. The summed E-state index contributed by atoms with van der Waals surface area (Å²) < 4.78 is 5.67. The third-order valence-corrected chi connectivity index (χ3v) is 7.87. The number of amides is 2. The first kappa shape index (κ1) is 23.4. The van der Waals surface area contributed by atoms with E-state index >= 15 is 0 Å². The molecule has 5 rings (SSSR count). The van der Waals surface area contributed by atoms with Gasteiger partial charge in [0.15, 0.2) is 0 Å². The SMILES string of the molecule is O=C(NC1CCC(CC(=O)N2CCC(C(=O)O)CC2)C1)OCC1c2ccccc2-c2ccccc21. The fraction of sp³-hybridized carbons (Fsp3) is 0.464. The standard InChI is InChI=1S/C28H32N2O5/c31-26(30-13-11-19(12-14-30)27(32)33)16-18-9-10-20(15-18)29-28(34)35-17-25-23-7-3-1-5-21(23)22-6-2-4-8-24(22)25/h1-8,18-20,25H,9-17H2,(H,29,34)(H,32,33). The van der Waals surface area contributed by atoms with Crippen LogP contribution in [-0.2, 0) is 14.3 Å². The average Bonchev–Trinajstić information content (AvgIpc) is 3.44. The van der Waals surface area contributed by atoms with E-state index in [0.717, 1.165) is 19.3 Å². The number of hydrogen-bond donors (Lipinski definition) is 2. The molecule has 1 saturated carbocycles. The molecule has 2 aliphatic carbocycles. The van der Waals surface area contributed by atoms with Gasteiger partial charge >= 0.3 is 12.1 Å². The minimum atomic E-state index is -0.768. The summed E-state index contributed by atoms with van der Waals surface area (Å²) in [6.07, 6.45) is 3.60. The summed E-state index contributed by atoms with van der Waals surface area (Å²) in [6.45, 7) is 1.33. The highest BCUT2D eigenvalue weighted by Crippen LogP contribution is 2.44. The molecule has 2 aromatic rings. The Morgan fingerprint density at radius 2 is 1.54 bits per heavy atom. The number of nitrogens with one attached hydrogen (secondary N) is 1. The lowest BCUT2D eigenvalue weighted by molar-refractivity contribution is -0.145. The Labute approximate surface area is 205 Å². The molecule has 1 aliphatic heterocycles. The monoisotopic (exact) mass is 476 g/mol. The van der Waals surface area contributed by atoms with Crippen LogP contribution < -0.4 is 5.32 Å². The van der Waals surface area contributed by atoms with E-state index in [2.05, 4.69) is 29.6 Å². The van der Waals surface area contributed by atoms with Gasteiger partial charge in [-0.25, -0.2) is 4.79 Å². The molecule has 3 aliphatic rings. The predicted octanol–water partition coefficient (Wildman–Crippen LogP) is 4.41. The van der Waals surface area contributed by atoms with E-state index in [4.69, 9.17) is 9.84 Å². The van der Waals surface area contributed by atoms with Gasteiger partial charge in [-0.2, -0.15) is 0 Å². The molecular formula is C28H32N2O5. The summed E-state index contributed by atoms with van der Waals surface area (Å²) in [6, 6.07) is 16.5. The summed E-state index contributed by atoms with van der Waals surface area (Å²) in [7, 11) is 0. The van der Waals surface area contributed by atoms with Crippen molar-refractivity contribution < 1.29 is 24.2 Å². The molecule has 7 nitrogen and oxygen atoms in total. The van der Waals surface area contributed by atoms with E-state index in [9.17, 15) is 14.4 Å². The number of rotatable bonds is 6. The fourth-order valence-corrected chi connectivity index (χ4v) is 5.95. The van der Waals surface area contributed by atoms with Gasteiger partial charge in [-0.05, 0) is 60.3 Å². The molecule has 2 aromatic carbocycles. The molecule has 184 valence electrons. The maximum Gasteiger partial charge on any atom is 0.407 e. The van der Waals surface area contributed by atoms with Crippen LogP contribution in [0.3, 0.4) is 0 Å². The number of carbonyl (C=O) groups excluding carboxylic acids is 2. The number of likely N-dealkylation sites (tertiary alicyclic amines) is 1. The zero-order valence-electron chi connectivity index (χ0n) is 19.8. The van der Waals surface area contributed by atoms with Gasteiger partial charge in [0.2, 0.25) is 5.91 Å². The van der Waals surface area contributed by atoms with Crippen LogP contribution in [0.15, 0.2) is 48.5 Å². The number of aliphatic carboxylic acids is 1. The van der Waals surface area contributed by atoms with Crippen molar-refractivity contribution in [3.05, 3.63) is 59.7 Å². The molecule has 2 fully saturated rings. The number of carbonyl (C=O) groups is 3. The van der Waals surface area contributed by atoms with Crippen molar-refractivity contribution in [1.82, 2.24) is 10.2 Å². The van der Waals surface area contributed by atoms with Gasteiger partial charge in [-0.1, -0.05) is 48.5 Å². The first-order valence-electron chi connectivity index (χ1n) is 12.6. The van der Waals surface area contributed by atoms with Crippen LogP contribution in [0.5, 0.6) is 0 Å². The Kier molecular flexibility index (Phi) is 6.75. The van der Waals surface area contributed by atoms with Crippen molar-refractivity contribution in [2.24, 2.45) is 11.8 Å². The smallest absolute Gasteiger partial charge is 0.407 e. The van der Waals surface area contributed by atoms with Crippen molar-refractivity contribution in [3.8, 4) is 11.1 Å². The number of alkyl carbamates (subject to hydrolysis) is 1. The second-order valence-electron chi connectivity index (χ2n) is 10.0. The third-order valence-electron chi connectivity index (χ3n) is 7.87. The quantitative estimate of drug-likeness (QED) is 0.644. The molecule has 0 aromatic heterocycles. The zero-order chi connectivity index (χ0) is 24.4. The zero-order valence-corrected chi connectivity index (χ0v) is 19.8. The molecule has 0 spiro atoms. The summed E-state index contributed by atoms with van der Waals surface area (Å²) in [4.78, 5) is 38.2. The Morgan fingerprint density at radius 1 is 0.914 bits per heavy atom. The lowest BCUT2D eigenvalue weighted by Crippen LogP contribution is -2.40. The molecule has 35 heavy (non-hydrogen) atoms. The molecule has 2 N–H and O–H groups in total. The predicted molar refractivity (Wildman–Crippen MR) is 131 cm³/mol. The van der Waals surface area contributed by atoms with Crippen molar-refractivity contribution in [1.29, 1.82) is 0 Å². The first-order chi connectivity index (χ1) is 17.0. The van der Waals surface area contributed by atoms with Gasteiger partial charge < -0.3 is 20.1 Å². The topological polar surface area (TPSA) is 95.9 Å². The number of ether oxygens (including phenoxy) is 1. The number of fused-ring (bicyclic) bond motifs is 3. The van der Waals surface area contributed by atoms with E-state index in [0.29, 0.717) is 39.0 Å². The number of hydrogen-bond acceptors (Lipinski definition) is 4. The van der Waals surface area contributed by atoms with Crippen LogP contribution in [0.25, 0.3) is 11.1 Å². The number of carboxylic acid groups (broad SMARTS) is 1. The first-order valence-corrected chi connectivity index (χ1v) is 12.6. The number of piperidine rings is 1. The van der Waals surface area contributed by atoms with Crippen molar-refractivity contribution >= 4 is 18.0 Å². The fourth-order valence-electron chi connectivity index (χ4n) is 5.95. The average molecular weight is 477 g/mol. The van der Waals surface area contributed by atoms with Crippen molar-refractivity contribution in [2.75, 3.05) is 19.7 Å². The van der Waals surface area contributed by atoms with Gasteiger partial charge in [0, 0.05) is 31.5 Å². The number of nitrogens with zero attached hydrogens (tertiary/aromatic N) is 1. The molecular weight excluding hydrogens is 444 g/mol. The van der Waals surface area contributed by atoms with E-state index in [1.807, 2.05) is 24.3 Å².